The van der Waals surface area contributed by atoms with Crippen LogP contribution in [0.4, 0.5) is 17.1 Å². The minimum Gasteiger partial charge on any atom is -0.457 e. The summed E-state index contributed by atoms with van der Waals surface area (Å²) in [6, 6.07) is 28.4. The van der Waals surface area contributed by atoms with Crippen LogP contribution in [-0.4, -0.2) is 15.5 Å². The number of carbonyl (C=O) groups excluding carboxylic acids is 1. The predicted octanol–water partition coefficient (Wildman–Crippen LogP) is 6.30. The van der Waals surface area contributed by atoms with Gasteiger partial charge in [0, 0.05) is 17.6 Å². The van der Waals surface area contributed by atoms with Gasteiger partial charge >= 0.3 is 0 Å². The number of rotatable bonds is 6. The van der Waals surface area contributed by atoms with Gasteiger partial charge in [-0.15, -0.1) is 0 Å². The fraction of sp³-hybridized carbons (Fsp3) is 0.0357. The molecule has 0 aliphatic carbocycles. The van der Waals surface area contributed by atoms with Crippen molar-refractivity contribution < 1.29 is 9.53 Å². The summed E-state index contributed by atoms with van der Waals surface area (Å²) >= 11 is 0. The average molecular weight is 460 g/mol. The van der Waals surface area contributed by atoms with Crippen LogP contribution in [0.25, 0.3) is 5.52 Å². The normalized spacial score (nSPS) is 10.5. The van der Waals surface area contributed by atoms with Gasteiger partial charge in [-0.2, -0.15) is 10.4 Å². The summed E-state index contributed by atoms with van der Waals surface area (Å²) in [5.41, 5.74) is 4.28. The minimum atomic E-state index is -0.244. The van der Waals surface area contributed by atoms with E-state index in [4.69, 9.17) is 4.74 Å². The number of benzene rings is 3. The van der Waals surface area contributed by atoms with Gasteiger partial charge in [-0.05, 0) is 61.0 Å². The Hall–Kier alpha value is -5.09. The van der Waals surface area contributed by atoms with Crippen molar-refractivity contribution in [3.63, 3.8) is 0 Å². The Morgan fingerprint density at radius 1 is 0.914 bits per heavy atom. The zero-order valence-corrected chi connectivity index (χ0v) is 18.9. The van der Waals surface area contributed by atoms with Crippen LogP contribution in [-0.2, 0) is 0 Å². The second-order valence-electron chi connectivity index (χ2n) is 7.89. The Labute approximate surface area is 202 Å². The van der Waals surface area contributed by atoms with E-state index in [2.05, 4.69) is 21.8 Å². The highest BCUT2D eigenvalue weighted by Gasteiger charge is 2.20. The molecule has 170 valence electrons. The van der Waals surface area contributed by atoms with Crippen molar-refractivity contribution in [1.82, 2.24) is 9.61 Å². The summed E-state index contributed by atoms with van der Waals surface area (Å²) in [6.45, 7) is 1.85. The van der Waals surface area contributed by atoms with E-state index in [1.807, 2.05) is 91.9 Å². The summed E-state index contributed by atoms with van der Waals surface area (Å²) in [5, 5.41) is 20.3. The number of para-hydroxylation sites is 2. The lowest BCUT2D eigenvalue weighted by Gasteiger charge is -2.12. The van der Waals surface area contributed by atoms with Crippen LogP contribution in [0.5, 0.6) is 11.5 Å². The number of carbonyl (C=O) groups is 1. The SMILES string of the molecule is Cc1c(C(=O)Nc2ccccc2)cn2ncc(C#N)c(Nc3ccc(Oc4ccccc4)cc3)c12. The molecule has 7 heteroatoms. The fourth-order valence-electron chi connectivity index (χ4n) is 3.82. The molecule has 35 heavy (non-hydrogen) atoms. The van der Waals surface area contributed by atoms with Gasteiger partial charge in [-0.1, -0.05) is 36.4 Å². The highest BCUT2D eigenvalue weighted by atomic mass is 16.5. The first-order valence-corrected chi connectivity index (χ1v) is 11.0. The molecule has 3 aromatic carbocycles. The number of nitrogens with zero attached hydrogens (tertiary/aromatic N) is 3. The molecule has 0 fully saturated rings. The number of hydrogen-bond donors (Lipinski definition) is 2. The molecule has 0 aliphatic rings. The molecule has 7 nitrogen and oxygen atoms in total. The molecule has 0 saturated carbocycles. The molecular weight excluding hydrogens is 438 g/mol. The maximum Gasteiger partial charge on any atom is 0.257 e. The number of aryl methyl sites for hydroxylation is 1. The van der Waals surface area contributed by atoms with E-state index in [0.717, 1.165) is 17.0 Å². The summed E-state index contributed by atoms with van der Waals surface area (Å²) in [7, 11) is 0. The van der Waals surface area contributed by atoms with Crippen molar-refractivity contribution in [3.05, 3.63) is 114 Å². The summed E-state index contributed by atoms with van der Waals surface area (Å²) in [4.78, 5) is 13.0. The molecule has 5 aromatic rings. The predicted molar refractivity (Wildman–Crippen MR) is 135 cm³/mol. The topological polar surface area (TPSA) is 91.5 Å². The average Bonchev–Trinajstić information content (AvgIpc) is 3.23. The minimum absolute atomic E-state index is 0.244. The van der Waals surface area contributed by atoms with Crippen LogP contribution < -0.4 is 15.4 Å². The van der Waals surface area contributed by atoms with E-state index in [-0.39, 0.29) is 5.91 Å². The number of aromatic nitrogens is 2. The molecular formula is C28H21N5O2. The fourth-order valence-corrected chi connectivity index (χ4v) is 3.82. The quantitative estimate of drug-likeness (QED) is 0.311. The first-order chi connectivity index (χ1) is 17.1. The first-order valence-electron chi connectivity index (χ1n) is 11.0. The molecule has 0 saturated heterocycles. The molecule has 2 heterocycles. The molecule has 0 atom stereocenters. The van der Waals surface area contributed by atoms with Gasteiger partial charge in [0.05, 0.1) is 28.5 Å². The van der Waals surface area contributed by atoms with Crippen molar-refractivity contribution >= 4 is 28.5 Å². The second-order valence-corrected chi connectivity index (χ2v) is 7.89. The third-order valence-electron chi connectivity index (χ3n) is 5.56. The molecule has 1 amide bonds. The Kier molecular flexibility index (Phi) is 5.85. The van der Waals surface area contributed by atoms with E-state index in [1.165, 1.54) is 6.20 Å². The highest BCUT2D eigenvalue weighted by molar-refractivity contribution is 6.07. The monoisotopic (exact) mass is 459 g/mol. The Morgan fingerprint density at radius 3 is 2.26 bits per heavy atom. The Morgan fingerprint density at radius 2 is 1.57 bits per heavy atom. The van der Waals surface area contributed by atoms with Crippen LogP contribution in [0, 0.1) is 18.3 Å². The zero-order valence-electron chi connectivity index (χ0n) is 18.9. The highest BCUT2D eigenvalue weighted by Crippen LogP contribution is 2.31. The molecule has 0 radical (unpaired) electrons. The molecule has 5 rings (SSSR count). The third-order valence-corrected chi connectivity index (χ3v) is 5.56. The maximum atomic E-state index is 13.0. The van der Waals surface area contributed by atoms with Crippen molar-refractivity contribution in [3.8, 4) is 17.6 Å². The molecule has 2 N–H and O–H groups in total. The molecule has 0 bridgehead atoms. The van der Waals surface area contributed by atoms with Gasteiger partial charge in [-0.3, -0.25) is 4.79 Å². The number of amides is 1. The van der Waals surface area contributed by atoms with Crippen molar-refractivity contribution in [2.75, 3.05) is 10.6 Å². The van der Waals surface area contributed by atoms with E-state index in [1.54, 1.807) is 10.7 Å². The lowest BCUT2D eigenvalue weighted by Crippen LogP contribution is -2.12. The number of nitriles is 1. The smallest absolute Gasteiger partial charge is 0.257 e. The number of nitrogens with one attached hydrogen (secondary N) is 2. The van der Waals surface area contributed by atoms with E-state index < -0.39 is 0 Å². The Balaban J connectivity index is 1.45. The molecule has 0 aliphatic heterocycles. The number of ether oxygens (including phenoxy) is 1. The number of hydrogen-bond acceptors (Lipinski definition) is 5. The van der Waals surface area contributed by atoms with E-state index >= 15 is 0 Å². The number of fused-ring (bicyclic) bond motifs is 1. The summed E-state index contributed by atoms with van der Waals surface area (Å²) in [6.07, 6.45) is 3.16. The molecule has 0 unspecified atom stereocenters. The van der Waals surface area contributed by atoms with Crippen molar-refractivity contribution in [1.29, 1.82) is 5.26 Å². The van der Waals surface area contributed by atoms with Gasteiger partial charge in [0.2, 0.25) is 0 Å². The molecule has 2 aromatic heterocycles. The summed E-state index contributed by atoms with van der Waals surface area (Å²) < 4.78 is 7.47. The lowest BCUT2D eigenvalue weighted by molar-refractivity contribution is 0.102. The summed E-state index contributed by atoms with van der Waals surface area (Å²) in [5.74, 6) is 1.20. The van der Waals surface area contributed by atoms with Gasteiger partial charge in [0.1, 0.15) is 17.6 Å². The lowest BCUT2D eigenvalue weighted by atomic mass is 10.1. The van der Waals surface area contributed by atoms with Crippen LogP contribution in [0.2, 0.25) is 0 Å². The Bertz CT molecular complexity index is 1540. The largest absolute Gasteiger partial charge is 0.457 e. The standard InChI is InChI=1S/C28H21N5O2/c1-19-25(28(34)32-21-8-4-2-5-9-21)18-33-27(19)26(20(16-29)17-30-33)31-22-12-14-24(15-13-22)35-23-10-6-3-7-11-23/h2-15,17-18,31H,1H3,(H,32,34). The van der Waals surface area contributed by atoms with Crippen LogP contribution in [0.3, 0.4) is 0 Å². The van der Waals surface area contributed by atoms with Crippen LogP contribution >= 0.6 is 0 Å². The first kappa shape index (κ1) is 21.7. The third kappa shape index (κ3) is 4.54. The van der Waals surface area contributed by atoms with Gasteiger partial charge < -0.3 is 15.4 Å². The van der Waals surface area contributed by atoms with Gasteiger partial charge in [0.25, 0.3) is 5.91 Å². The van der Waals surface area contributed by atoms with Crippen molar-refractivity contribution in [2.24, 2.45) is 0 Å². The molecule has 0 spiro atoms. The van der Waals surface area contributed by atoms with Crippen LogP contribution in [0.15, 0.2) is 97.3 Å². The second kappa shape index (κ2) is 9.41. The van der Waals surface area contributed by atoms with Gasteiger partial charge in [0.15, 0.2) is 0 Å². The zero-order chi connectivity index (χ0) is 24.2. The van der Waals surface area contributed by atoms with Crippen LogP contribution in [0.1, 0.15) is 21.5 Å². The maximum absolute atomic E-state index is 13.0. The van der Waals surface area contributed by atoms with Crippen molar-refractivity contribution in [2.45, 2.75) is 6.92 Å². The van der Waals surface area contributed by atoms with Gasteiger partial charge in [-0.25, -0.2) is 4.52 Å². The number of anilines is 3. The van der Waals surface area contributed by atoms with E-state index in [9.17, 15) is 10.1 Å². The van der Waals surface area contributed by atoms with E-state index in [0.29, 0.717) is 33.8 Å².